The van der Waals surface area contributed by atoms with E-state index in [1.54, 1.807) is 12.1 Å². The quantitative estimate of drug-likeness (QED) is 0.645. The number of aryl methyl sites for hydroxylation is 1. The van der Waals surface area contributed by atoms with Crippen molar-refractivity contribution < 1.29 is 4.79 Å². The van der Waals surface area contributed by atoms with Crippen LogP contribution < -0.4 is 15.5 Å². The molecule has 2 fully saturated rings. The van der Waals surface area contributed by atoms with Gasteiger partial charge in [0, 0.05) is 43.0 Å². The monoisotopic (exact) mass is 432 g/mol. The van der Waals surface area contributed by atoms with E-state index in [2.05, 4.69) is 39.6 Å². The molecule has 1 atom stereocenters. The summed E-state index contributed by atoms with van der Waals surface area (Å²) in [7, 11) is 0. The van der Waals surface area contributed by atoms with Gasteiger partial charge < -0.3 is 15.5 Å². The summed E-state index contributed by atoms with van der Waals surface area (Å²) in [6, 6.07) is 11.7. The minimum absolute atomic E-state index is 0.164. The molecule has 7 nitrogen and oxygen atoms in total. The van der Waals surface area contributed by atoms with Gasteiger partial charge in [0.2, 0.25) is 11.9 Å². The number of anilines is 3. The number of carbonyl (C=O) groups is 1. The predicted molar refractivity (Wildman–Crippen MR) is 126 cm³/mol. The molecule has 2 aromatic rings. The molecule has 1 unspecified atom stereocenters. The van der Waals surface area contributed by atoms with E-state index in [0.29, 0.717) is 23.9 Å². The summed E-state index contributed by atoms with van der Waals surface area (Å²) in [6.45, 7) is 3.76. The molecule has 0 radical (unpaired) electrons. The first-order chi connectivity index (χ1) is 15.6. The summed E-state index contributed by atoms with van der Waals surface area (Å²) in [6.07, 6.45) is 8.38. The molecule has 1 saturated carbocycles. The lowest BCUT2D eigenvalue weighted by molar-refractivity contribution is -0.122. The molecule has 2 N–H and O–H groups in total. The van der Waals surface area contributed by atoms with Gasteiger partial charge in [0.25, 0.3) is 0 Å². The van der Waals surface area contributed by atoms with Crippen LogP contribution in [0.4, 0.5) is 17.5 Å². The Kier molecular flexibility index (Phi) is 7.21. The van der Waals surface area contributed by atoms with Crippen molar-refractivity contribution in [2.75, 3.05) is 23.3 Å². The summed E-state index contributed by atoms with van der Waals surface area (Å²) >= 11 is 0. The summed E-state index contributed by atoms with van der Waals surface area (Å²) < 4.78 is 0. The van der Waals surface area contributed by atoms with E-state index in [4.69, 9.17) is 10.2 Å². The molecule has 2 heterocycles. The largest absolute Gasteiger partial charge is 0.354 e. The average molecular weight is 433 g/mol. The molecule has 1 aliphatic heterocycles. The van der Waals surface area contributed by atoms with Gasteiger partial charge in [-0.1, -0.05) is 32.3 Å². The van der Waals surface area contributed by atoms with Crippen LogP contribution in [0.5, 0.6) is 0 Å². The lowest BCUT2D eigenvalue weighted by Gasteiger charge is -2.20. The highest BCUT2D eigenvalue weighted by Crippen LogP contribution is 2.28. The molecule has 0 bridgehead atoms. The number of hydrogen-bond donors (Lipinski definition) is 2. The highest BCUT2D eigenvalue weighted by Gasteiger charge is 2.27. The minimum Gasteiger partial charge on any atom is -0.354 e. The van der Waals surface area contributed by atoms with Crippen LogP contribution in [0.15, 0.2) is 30.3 Å². The number of amides is 1. The van der Waals surface area contributed by atoms with Crippen molar-refractivity contribution in [1.29, 1.82) is 5.26 Å². The first kappa shape index (κ1) is 22.1. The Morgan fingerprint density at radius 2 is 2.06 bits per heavy atom. The van der Waals surface area contributed by atoms with Gasteiger partial charge in [-0.05, 0) is 49.8 Å². The molecule has 32 heavy (non-hydrogen) atoms. The van der Waals surface area contributed by atoms with Gasteiger partial charge in [0.05, 0.1) is 11.6 Å². The number of rotatable bonds is 8. The Morgan fingerprint density at radius 1 is 1.22 bits per heavy atom. The topological polar surface area (TPSA) is 93.9 Å². The van der Waals surface area contributed by atoms with Crippen molar-refractivity contribution in [2.45, 2.75) is 64.3 Å². The maximum absolute atomic E-state index is 12.5. The van der Waals surface area contributed by atoms with Crippen LogP contribution in [0.1, 0.15) is 63.1 Å². The van der Waals surface area contributed by atoms with Crippen LogP contribution in [0.2, 0.25) is 0 Å². The zero-order valence-corrected chi connectivity index (χ0v) is 18.8. The SMILES string of the molecule is CCCc1cc(N2CCC(NC(=O)CC3CCCC3)C2)nc(Nc2cccc(C#N)c2)n1. The molecule has 0 spiro atoms. The van der Waals surface area contributed by atoms with Gasteiger partial charge in [0.15, 0.2) is 0 Å². The van der Waals surface area contributed by atoms with E-state index in [-0.39, 0.29) is 11.9 Å². The Hall–Kier alpha value is -3.14. The number of nitriles is 1. The first-order valence-electron chi connectivity index (χ1n) is 11.8. The summed E-state index contributed by atoms with van der Waals surface area (Å²) in [5.41, 5.74) is 2.38. The fourth-order valence-corrected chi connectivity index (χ4v) is 4.73. The second-order valence-corrected chi connectivity index (χ2v) is 8.96. The van der Waals surface area contributed by atoms with E-state index in [9.17, 15) is 4.79 Å². The molecular weight excluding hydrogens is 400 g/mol. The number of nitrogens with zero attached hydrogens (tertiary/aromatic N) is 4. The lowest BCUT2D eigenvalue weighted by atomic mass is 10.0. The molecule has 1 amide bonds. The van der Waals surface area contributed by atoms with Crippen LogP contribution in [-0.4, -0.2) is 35.0 Å². The zero-order chi connectivity index (χ0) is 22.3. The summed E-state index contributed by atoms with van der Waals surface area (Å²) in [5.74, 6) is 2.18. The molecule has 1 aromatic carbocycles. The summed E-state index contributed by atoms with van der Waals surface area (Å²) in [5, 5.41) is 15.6. The van der Waals surface area contributed by atoms with Gasteiger partial charge in [-0.3, -0.25) is 4.79 Å². The Bertz CT molecular complexity index is 979. The number of nitrogens with one attached hydrogen (secondary N) is 2. The van der Waals surface area contributed by atoms with Gasteiger partial charge in [-0.15, -0.1) is 0 Å². The highest BCUT2D eigenvalue weighted by atomic mass is 16.1. The van der Waals surface area contributed by atoms with Crippen LogP contribution in [0.3, 0.4) is 0 Å². The van der Waals surface area contributed by atoms with Gasteiger partial charge in [-0.2, -0.15) is 10.2 Å². The molecule has 2 aliphatic rings. The maximum atomic E-state index is 12.5. The second-order valence-electron chi connectivity index (χ2n) is 8.96. The molecule has 7 heteroatoms. The number of carbonyl (C=O) groups excluding carboxylic acids is 1. The van der Waals surface area contributed by atoms with E-state index >= 15 is 0 Å². The van der Waals surface area contributed by atoms with E-state index in [1.807, 2.05) is 12.1 Å². The Labute approximate surface area is 190 Å². The molecule has 1 aromatic heterocycles. The van der Waals surface area contributed by atoms with Crippen molar-refractivity contribution in [3.8, 4) is 6.07 Å². The maximum Gasteiger partial charge on any atom is 0.229 e. The fourth-order valence-electron chi connectivity index (χ4n) is 4.73. The third kappa shape index (κ3) is 5.76. The number of benzene rings is 1. The fraction of sp³-hybridized carbons (Fsp3) is 0.520. The molecule has 168 valence electrons. The normalized spacial score (nSPS) is 18.5. The van der Waals surface area contributed by atoms with E-state index in [0.717, 1.165) is 49.6 Å². The first-order valence-corrected chi connectivity index (χ1v) is 11.8. The van der Waals surface area contributed by atoms with Crippen molar-refractivity contribution in [1.82, 2.24) is 15.3 Å². The Balaban J connectivity index is 1.43. The molecular formula is C25H32N6O. The van der Waals surface area contributed by atoms with Crippen LogP contribution in [0.25, 0.3) is 0 Å². The number of aromatic nitrogens is 2. The second kappa shape index (κ2) is 10.4. The van der Waals surface area contributed by atoms with E-state index < -0.39 is 0 Å². The zero-order valence-electron chi connectivity index (χ0n) is 18.8. The molecule has 4 rings (SSSR count). The summed E-state index contributed by atoms with van der Waals surface area (Å²) in [4.78, 5) is 24.1. The van der Waals surface area contributed by atoms with Crippen molar-refractivity contribution in [2.24, 2.45) is 5.92 Å². The third-order valence-electron chi connectivity index (χ3n) is 6.35. The average Bonchev–Trinajstić information content (AvgIpc) is 3.46. The standard InChI is InChI=1S/C25H32N6O/c1-2-6-20-15-23(30-25(28-20)29-21-10-5-9-19(13-21)16-26)31-12-11-22(17-31)27-24(32)14-18-7-3-4-8-18/h5,9-10,13,15,18,22H,2-4,6-8,11-12,14,17H2,1H3,(H,27,32)(H,28,29,30). The Morgan fingerprint density at radius 3 is 2.84 bits per heavy atom. The predicted octanol–water partition coefficient (Wildman–Crippen LogP) is 4.32. The molecule has 1 saturated heterocycles. The van der Waals surface area contributed by atoms with Gasteiger partial charge in [0.1, 0.15) is 5.82 Å². The van der Waals surface area contributed by atoms with Gasteiger partial charge >= 0.3 is 0 Å². The van der Waals surface area contributed by atoms with E-state index in [1.165, 1.54) is 25.7 Å². The molecule has 1 aliphatic carbocycles. The third-order valence-corrected chi connectivity index (χ3v) is 6.35. The van der Waals surface area contributed by atoms with Crippen molar-refractivity contribution in [3.63, 3.8) is 0 Å². The van der Waals surface area contributed by atoms with Crippen molar-refractivity contribution in [3.05, 3.63) is 41.6 Å². The minimum atomic E-state index is 0.164. The van der Waals surface area contributed by atoms with Crippen molar-refractivity contribution >= 4 is 23.4 Å². The number of hydrogen-bond acceptors (Lipinski definition) is 6. The van der Waals surface area contributed by atoms with Gasteiger partial charge in [-0.25, -0.2) is 4.98 Å². The highest BCUT2D eigenvalue weighted by molar-refractivity contribution is 5.76. The van der Waals surface area contributed by atoms with Crippen LogP contribution >= 0.6 is 0 Å². The lowest BCUT2D eigenvalue weighted by Crippen LogP contribution is -2.37. The van der Waals surface area contributed by atoms with Crippen LogP contribution in [0, 0.1) is 17.2 Å². The smallest absolute Gasteiger partial charge is 0.229 e. The van der Waals surface area contributed by atoms with Crippen LogP contribution in [-0.2, 0) is 11.2 Å².